The van der Waals surface area contributed by atoms with Gasteiger partial charge in [0.15, 0.2) is 5.96 Å². The van der Waals surface area contributed by atoms with Gasteiger partial charge in [0, 0.05) is 62.9 Å². The minimum Gasteiger partial charge on any atom is -0.481 e. The molecule has 2 aromatic rings. The second kappa shape index (κ2) is 11.3. The highest BCUT2D eigenvalue weighted by molar-refractivity contribution is 14.0. The predicted octanol–water partition coefficient (Wildman–Crippen LogP) is 2.41. The van der Waals surface area contributed by atoms with Crippen LogP contribution in [0.15, 0.2) is 23.3 Å². The summed E-state index contributed by atoms with van der Waals surface area (Å²) in [7, 11) is 1.62. The van der Waals surface area contributed by atoms with Crippen LogP contribution < -0.4 is 15.0 Å². The van der Waals surface area contributed by atoms with Crippen molar-refractivity contribution in [2.45, 2.75) is 26.8 Å². The highest BCUT2D eigenvalue weighted by Gasteiger charge is 2.22. The second-order valence-electron chi connectivity index (χ2n) is 6.20. The summed E-state index contributed by atoms with van der Waals surface area (Å²) in [5, 5.41) is 4.43. The van der Waals surface area contributed by atoms with Crippen molar-refractivity contribution < 1.29 is 4.74 Å². The number of nitrogens with zero attached hydrogens (tertiary/aromatic N) is 6. The monoisotopic (exact) mass is 517 g/mol. The molecule has 3 rings (SSSR count). The number of pyridine rings is 1. The van der Waals surface area contributed by atoms with Crippen LogP contribution in [0.2, 0.25) is 0 Å². The third-order valence-electron chi connectivity index (χ3n) is 4.38. The maximum absolute atomic E-state index is 5.10. The fourth-order valence-electron chi connectivity index (χ4n) is 2.84. The van der Waals surface area contributed by atoms with E-state index in [0.717, 1.165) is 61.6 Å². The number of methoxy groups -OCH3 is 1. The van der Waals surface area contributed by atoms with Crippen molar-refractivity contribution in [2.24, 2.45) is 4.99 Å². The molecule has 0 unspecified atom stereocenters. The molecule has 0 spiro atoms. The fourth-order valence-corrected chi connectivity index (χ4v) is 3.64. The van der Waals surface area contributed by atoms with Crippen LogP contribution in [-0.2, 0) is 13.0 Å². The SMILES string of the molecule is CCNC(=NCc1ccc(OC)nc1)N1CCN(c2nc(CC)ns2)CC1.I. The first-order valence-corrected chi connectivity index (χ1v) is 10.1. The molecule has 10 heteroatoms. The van der Waals surface area contributed by atoms with E-state index in [1.807, 2.05) is 18.3 Å². The minimum absolute atomic E-state index is 0. The minimum atomic E-state index is 0. The van der Waals surface area contributed by atoms with Crippen LogP contribution >= 0.6 is 35.5 Å². The first-order chi connectivity index (χ1) is 13.2. The van der Waals surface area contributed by atoms with E-state index in [-0.39, 0.29) is 24.0 Å². The van der Waals surface area contributed by atoms with E-state index in [2.05, 4.69) is 43.3 Å². The van der Waals surface area contributed by atoms with Gasteiger partial charge in [-0.05, 0) is 12.5 Å². The summed E-state index contributed by atoms with van der Waals surface area (Å²) in [6.07, 6.45) is 2.69. The van der Waals surface area contributed by atoms with Gasteiger partial charge in [0.05, 0.1) is 13.7 Å². The first-order valence-electron chi connectivity index (χ1n) is 9.33. The molecule has 1 aliphatic rings. The van der Waals surface area contributed by atoms with Crippen LogP contribution in [0.1, 0.15) is 25.2 Å². The van der Waals surface area contributed by atoms with Crippen molar-refractivity contribution in [3.8, 4) is 5.88 Å². The molecule has 154 valence electrons. The lowest BCUT2D eigenvalue weighted by molar-refractivity contribution is 0.372. The third kappa shape index (κ3) is 5.90. The van der Waals surface area contributed by atoms with Crippen LogP contribution in [0.3, 0.4) is 0 Å². The molecule has 3 heterocycles. The van der Waals surface area contributed by atoms with Gasteiger partial charge in [-0.2, -0.15) is 4.37 Å². The molecule has 0 aliphatic carbocycles. The Bertz CT molecular complexity index is 745. The number of nitrogens with one attached hydrogen (secondary N) is 1. The van der Waals surface area contributed by atoms with Crippen LogP contribution in [0.4, 0.5) is 5.13 Å². The Morgan fingerprint density at radius 2 is 2.04 bits per heavy atom. The van der Waals surface area contributed by atoms with E-state index in [1.165, 1.54) is 11.5 Å². The Hall–Kier alpha value is -1.69. The van der Waals surface area contributed by atoms with Gasteiger partial charge in [-0.3, -0.25) is 0 Å². The quantitative estimate of drug-likeness (QED) is 0.358. The standard InChI is InChI=1S/C18H27N7OS.HI/c1-4-15-22-18(27-23-15)25-10-8-24(9-11-25)17(19-5-2)21-13-14-6-7-16(26-3)20-12-14;/h6-7,12H,4-5,8-11,13H2,1-3H3,(H,19,21);1H. The third-order valence-corrected chi connectivity index (χ3v) is 5.19. The molecule has 0 atom stereocenters. The number of piperazine rings is 1. The largest absolute Gasteiger partial charge is 0.481 e. The Labute approximate surface area is 187 Å². The van der Waals surface area contributed by atoms with Gasteiger partial charge < -0.3 is 19.9 Å². The number of aryl methyl sites for hydroxylation is 1. The lowest BCUT2D eigenvalue weighted by Crippen LogP contribution is -2.52. The molecule has 0 radical (unpaired) electrons. The van der Waals surface area contributed by atoms with E-state index < -0.39 is 0 Å². The Kier molecular flexibility index (Phi) is 9.16. The smallest absolute Gasteiger partial charge is 0.212 e. The Balaban J connectivity index is 0.00000280. The van der Waals surface area contributed by atoms with Crippen LogP contribution in [-0.4, -0.2) is 65.0 Å². The molecule has 2 aromatic heterocycles. The Morgan fingerprint density at radius 3 is 2.61 bits per heavy atom. The molecule has 0 saturated carbocycles. The van der Waals surface area contributed by atoms with E-state index >= 15 is 0 Å². The fraction of sp³-hybridized carbons (Fsp3) is 0.556. The zero-order chi connectivity index (χ0) is 19.1. The maximum Gasteiger partial charge on any atom is 0.212 e. The summed E-state index contributed by atoms with van der Waals surface area (Å²) in [4.78, 5) is 18.2. The van der Waals surface area contributed by atoms with Gasteiger partial charge in [0.1, 0.15) is 5.82 Å². The summed E-state index contributed by atoms with van der Waals surface area (Å²) in [6.45, 7) is 9.28. The normalized spacial score (nSPS) is 14.6. The topological polar surface area (TPSA) is 78.8 Å². The van der Waals surface area contributed by atoms with Crippen molar-refractivity contribution in [3.05, 3.63) is 29.7 Å². The summed E-state index contributed by atoms with van der Waals surface area (Å²) in [5.41, 5.74) is 1.06. The molecule has 1 saturated heterocycles. The average molecular weight is 517 g/mol. The number of hydrogen-bond acceptors (Lipinski definition) is 7. The molecule has 28 heavy (non-hydrogen) atoms. The van der Waals surface area contributed by atoms with Crippen molar-refractivity contribution in [3.63, 3.8) is 0 Å². The van der Waals surface area contributed by atoms with Crippen LogP contribution in [0.25, 0.3) is 0 Å². The predicted molar refractivity (Wildman–Crippen MR) is 124 cm³/mol. The van der Waals surface area contributed by atoms with Crippen molar-refractivity contribution in [1.29, 1.82) is 0 Å². The molecular weight excluding hydrogens is 489 g/mol. The van der Waals surface area contributed by atoms with Gasteiger partial charge >= 0.3 is 0 Å². The number of hydrogen-bond donors (Lipinski definition) is 1. The molecule has 1 N–H and O–H groups in total. The first kappa shape index (κ1) is 22.6. The number of halogens is 1. The molecule has 1 aliphatic heterocycles. The average Bonchev–Trinajstić information content (AvgIpc) is 3.21. The molecule has 0 amide bonds. The van der Waals surface area contributed by atoms with Gasteiger partial charge in [-0.1, -0.05) is 13.0 Å². The van der Waals surface area contributed by atoms with Gasteiger partial charge in [0.2, 0.25) is 11.0 Å². The van der Waals surface area contributed by atoms with E-state index in [0.29, 0.717) is 12.4 Å². The molecule has 0 bridgehead atoms. The molecule has 0 aromatic carbocycles. The van der Waals surface area contributed by atoms with Gasteiger partial charge in [0.25, 0.3) is 0 Å². The lowest BCUT2D eigenvalue weighted by Gasteiger charge is -2.36. The van der Waals surface area contributed by atoms with Crippen LogP contribution in [0, 0.1) is 0 Å². The number of ether oxygens (including phenoxy) is 1. The molecular formula is C18H28IN7OS. The van der Waals surface area contributed by atoms with Crippen molar-refractivity contribution >= 4 is 46.6 Å². The van der Waals surface area contributed by atoms with Crippen LogP contribution in [0.5, 0.6) is 5.88 Å². The summed E-state index contributed by atoms with van der Waals surface area (Å²) in [5.74, 6) is 2.49. The zero-order valence-electron chi connectivity index (χ0n) is 16.6. The second-order valence-corrected chi connectivity index (χ2v) is 6.93. The number of rotatable bonds is 6. The maximum atomic E-state index is 5.10. The van der Waals surface area contributed by atoms with Gasteiger partial charge in [-0.25, -0.2) is 15.0 Å². The zero-order valence-corrected chi connectivity index (χ0v) is 19.7. The van der Waals surface area contributed by atoms with E-state index in [1.54, 1.807) is 7.11 Å². The number of guanidine groups is 1. The summed E-state index contributed by atoms with van der Waals surface area (Å²) < 4.78 is 9.50. The molecule has 1 fully saturated rings. The van der Waals surface area contributed by atoms with Crippen molar-refractivity contribution in [2.75, 3.05) is 44.7 Å². The highest BCUT2D eigenvalue weighted by Crippen LogP contribution is 2.19. The van der Waals surface area contributed by atoms with Gasteiger partial charge in [-0.15, -0.1) is 24.0 Å². The number of aromatic nitrogens is 3. The number of anilines is 1. The van der Waals surface area contributed by atoms with Crippen molar-refractivity contribution in [1.82, 2.24) is 24.6 Å². The van der Waals surface area contributed by atoms with E-state index in [9.17, 15) is 0 Å². The van der Waals surface area contributed by atoms with E-state index in [4.69, 9.17) is 9.73 Å². The number of aliphatic imine (C=N–C) groups is 1. The molecule has 8 nitrogen and oxygen atoms in total. The lowest BCUT2D eigenvalue weighted by atomic mass is 10.3. The summed E-state index contributed by atoms with van der Waals surface area (Å²) in [6, 6.07) is 3.86. The highest BCUT2D eigenvalue weighted by atomic mass is 127. The summed E-state index contributed by atoms with van der Waals surface area (Å²) >= 11 is 1.49. The Morgan fingerprint density at radius 1 is 1.25 bits per heavy atom.